The Bertz CT molecular complexity index is 439. The Labute approximate surface area is 66.6 Å². The van der Waals surface area contributed by atoms with Gasteiger partial charge in [0.2, 0.25) is 5.58 Å². The van der Waals surface area contributed by atoms with Crippen molar-refractivity contribution < 1.29 is 18.8 Å². The second-order valence-corrected chi connectivity index (χ2v) is 2.39. The number of carbonyl (C=O) groups is 1. The average Bonchev–Trinajstić information content (AvgIpc) is 2.43. The third kappa shape index (κ3) is 0.795. The number of aromatic carboxylic acids is 1. The van der Waals surface area contributed by atoms with Crippen LogP contribution >= 0.6 is 0 Å². The van der Waals surface area contributed by atoms with E-state index in [9.17, 15) is 4.79 Å². The molecule has 0 radical (unpaired) electrons. The first kappa shape index (κ1) is 6.90. The smallest absolute Gasteiger partial charge is 0.378 e. The second-order valence-electron chi connectivity index (χ2n) is 2.39. The van der Waals surface area contributed by atoms with Gasteiger partial charge in [0.25, 0.3) is 5.76 Å². The monoisotopic (exact) mass is 167 g/mol. The molecular weight excluding hydrogens is 162 g/mol. The molecule has 0 aliphatic rings. The van der Waals surface area contributed by atoms with Crippen molar-refractivity contribution in [1.29, 1.82) is 0 Å². The standard InChI is InChI=1S/C7H5NO4/c1-3-2-4-5(11-3)6(7(9)10)12-8-4/h2H,1H3,(H,9,10). The minimum atomic E-state index is -1.17. The molecule has 0 aliphatic carbocycles. The van der Waals surface area contributed by atoms with E-state index in [4.69, 9.17) is 9.52 Å². The largest absolute Gasteiger partial charge is 0.475 e. The summed E-state index contributed by atoms with van der Waals surface area (Å²) in [5.41, 5.74) is 0.630. The number of fused-ring (bicyclic) bond motifs is 1. The molecule has 62 valence electrons. The van der Waals surface area contributed by atoms with Crippen molar-refractivity contribution in [3.63, 3.8) is 0 Å². The van der Waals surface area contributed by atoms with E-state index in [1.54, 1.807) is 13.0 Å². The minimum Gasteiger partial charge on any atom is -0.475 e. The quantitative estimate of drug-likeness (QED) is 0.695. The van der Waals surface area contributed by atoms with E-state index in [0.717, 1.165) is 0 Å². The molecule has 5 heteroatoms. The molecule has 0 saturated heterocycles. The Morgan fingerprint density at radius 1 is 1.67 bits per heavy atom. The molecule has 2 aromatic rings. The van der Waals surface area contributed by atoms with Gasteiger partial charge in [0.05, 0.1) is 0 Å². The lowest BCUT2D eigenvalue weighted by atomic mass is 10.4. The first-order valence-electron chi connectivity index (χ1n) is 3.27. The zero-order chi connectivity index (χ0) is 8.72. The van der Waals surface area contributed by atoms with E-state index in [1.807, 2.05) is 0 Å². The number of furan rings is 1. The van der Waals surface area contributed by atoms with E-state index in [2.05, 4.69) is 9.68 Å². The molecule has 0 fully saturated rings. The number of carboxylic acids is 1. The van der Waals surface area contributed by atoms with Crippen LogP contribution in [0.25, 0.3) is 11.1 Å². The van der Waals surface area contributed by atoms with Gasteiger partial charge in [-0.15, -0.1) is 0 Å². The Hall–Kier alpha value is -1.78. The number of hydrogen-bond donors (Lipinski definition) is 1. The minimum absolute atomic E-state index is 0.194. The van der Waals surface area contributed by atoms with Gasteiger partial charge in [-0.1, -0.05) is 5.16 Å². The summed E-state index contributed by atoms with van der Waals surface area (Å²) < 4.78 is 9.59. The van der Waals surface area contributed by atoms with Crippen molar-refractivity contribution in [2.75, 3.05) is 0 Å². The number of rotatable bonds is 1. The van der Waals surface area contributed by atoms with Crippen LogP contribution in [0.4, 0.5) is 0 Å². The second kappa shape index (κ2) is 2.10. The number of nitrogens with zero attached hydrogens (tertiary/aromatic N) is 1. The molecule has 0 aromatic carbocycles. The molecule has 0 aliphatic heterocycles. The average molecular weight is 167 g/mol. The molecule has 12 heavy (non-hydrogen) atoms. The van der Waals surface area contributed by atoms with E-state index >= 15 is 0 Å². The number of hydrogen-bond acceptors (Lipinski definition) is 4. The SMILES string of the molecule is Cc1cc2noc(C(=O)O)c2o1. The summed E-state index contributed by atoms with van der Waals surface area (Å²) in [4.78, 5) is 10.5. The highest BCUT2D eigenvalue weighted by atomic mass is 16.5. The first-order valence-corrected chi connectivity index (χ1v) is 3.27. The normalized spacial score (nSPS) is 10.8. The summed E-state index contributed by atoms with van der Waals surface area (Å²) in [6, 6.07) is 1.62. The first-order chi connectivity index (χ1) is 5.68. The molecule has 0 atom stereocenters. The van der Waals surface area contributed by atoms with Crippen LogP contribution in [0.15, 0.2) is 15.0 Å². The van der Waals surface area contributed by atoms with Gasteiger partial charge in [-0.2, -0.15) is 0 Å². The highest BCUT2D eigenvalue weighted by Crippen LogP contribution is 2.21. The number of carboxylic acid groups (broad SMARTS) is 1. The van der Waals surface area contributed by atoms with Gasteiger partial charge in [-0.3, -0.25) is 0 Å². The Balaban J connectivity index is 2.76. The van der Waals surface area contributed by atoms with E-state index in [1.165, 1.54) is 0 Å². The van der Waals surface area contributed by atoms with Gasteiger partial charge < -0.3 is 14.0 Å². The van der Waals surface area contributed by atoms with Crippen molar-refractivity contribution in [2.24, 2.45) is 0 Å². The predicted octanol–water partition coefficient (Wildman–Crippen LogP) is 1.43. The van der Waals surface area contributed by atoms with Crippen molar-refractivity contribution >= 4 is 17.1 Å². The zero-order valence-electron chi connectivity index (χ0n) is 6.20. The molecule has 1 N–H and O–H groups in total. The van der Waals surface area contributed by atoms with Crippen LogP contribution in [-0.4, -0.2) is 16.2 Å². The predicted molar refractivity (Wildman–Crippen MR) is 38.0 cm³/mol. The van der Waals surface area contributed by atoms with Crippen LogP contribution < -0.4 is 0 Å². The van der Waals surface area contributed by atoms with Crippen LogP contribution in [0.2, 0.25) is 0 Å². The Morgan fingerprint density at radius 2 is 2.42 bits per heavy atom. The lowest BCUT2D eigenvalue weighted by Crippen LogP contribution is -1.92. The van der Waals surface area contributed by atoms with Crippen molar-refractivity contribution in [2.45, 2.75) is 6.92 Å². The molecule has 0 unspecified atom stereocenters. The summed E-state index contributed by atoms with van der Waals surface area (Å²) in [6.07, 6.45) is 0. The van der Waals surface area contributed by atoms with Gasteiger partial charge in [-0.05, 0) is 6.92 Å². The maximum Gasteiger partial charge on any atom is 0.378 e. The van der Waals surface area contributed by atoms with Crippen LogP contribution in [-0.2, 0) is 0 Å². The van der Waals surface area contributed by atoms with Crippen LogP contribution in [0, 0.1) is 6.92 Å². The third-order valence-corrected chi connectivity index (χ3v) is 1.47. The molecule has 2 heterocycles. The van der Waals surface area contributed by atoms with Crippen molar-refractivity contribution in [1.82, 2.24) is 5.16 Å². The molecular formula is C7H5NO4. The van der Waals surface area contributed by atoms with Crippen LogP contribution in [0.5, 0.6) is 0 Å². The van der Waals surface area contributed by atoms with Gasteiger partial charge >= 0.3 is 5.97 Å². The molecule has 2 aromatic heterocycles. The number of aryl methyl sites for hydroxylation is 1. The molecule has 2 rings (SSSR count). The summed E-state index contributed by atoms with van der Waals surface area (Å²) in [5, 5.41) is 12.1. The summed E-state index contributed by atoms with van der Waals surface area (Å²) >= 11 is 0. The maximum absolute atomic E-state index is 10.5. The van der Waals surface area contributed by atoms with Crippen LogP contribution in [0.1, 0.15) is 16.3 Å². The van der Waals surface area contributed by atoms with Gasteiger partial charge in [0.15, 0.2) is 5.52 Å². The van der Waals surface area contributed by atoms with Gasteiger partial charge in [0, 0.05) is 6.07 Å². The van der Waals surface area contributed by atoms with Gasteiger partial charge in [-0.25, -0.2) is 4.79 Å². The lowest BCUT2D eigenvalue weighted by Gasteiger charge is -1.82. The molecule has 5 nitrogen and oxygen atoms in total. The zero-order valence-corrected chi connectivity index (χ0v) is 6.20. The highest BCUT2D eigenvalue weighted by Gasteiger charge is 2.18. The maximum atomic E-state index is 10.5. The fraction of sp³-hybridized carbons (Fsp3) is 0.143. The third-order valence-electron chi connectivity index (χ3n) is 1.47. The Morgan fingerprint density at radius 3 is 3.08 bits per heavy atom. The fourth-order valence-electron chi connectivity index (χ4n) is 1.00. The molecule has 0 saturated carbocycles. The summed E-state index contributed by atoms with van der Waals surface area (Å²) in [6.45, 7) is 1.72. The van der Waals surface area contributed by atoms with Crippen molar-refractivity contribution in [3.8, 4) is 0 Å². The summed E-state index contributed by atoms with van der Waals surface area (Å²) in [5.74, 6) is -0.809. The van der Waals surface area contributed by atoms with E-state index < -0.39 is 5.97 Å². The summed E-state index contributed by atoms with van der Waals surface area (Å²) in [7, 11) is 0. The molecule has 0 amide bonds. The Kier molecular flexibility index (Phi) is 1.21. The van der Waals surface area contributed by atoms with E-state index in [-0.39, 0.29) is 11.3 Å². The van der Waals surface area contributed by atoms with Crippen LogP contribution in [0.3, 0.4) is 0 Å². The van der Waals surface area contributed by atoms with Gasteiger partial charge in [0.1, 0.15) is 5.76 Å². The highest BCUT2D eigenvalue weighted by molar-refractivity contribution is 5.97. The molecule has 0 bridgehead atoms. The van der Waals surface area contributed by atoms with E-state index in [0.29, 0.717) is 11.3 Å². The molecule has 0 spiro atoms. The van der Waals surface area contributed by atoms with Crippen molar-refractivity contribution in [3.05, 3.63) is 17.6 Å². The number of aromatic nitrogens is 1. The lowest BCUT2D eigenvalue weighted by molar-refractivity contribution is 0.0653. The fourth-order valence-corrected chi connectivity index (χ4v) is 1.00. The topological polar surface area (TPSA) is 76.5 Å².